The van der Waals surface area contributed by atoms with Crippen molar-refractivity contribution in [3.05, 3.63) is 54.2 Å². The van der Waals surface area contributed by atoms with Crippen LogP contribution in [-0.2, 0) is 20.9 Å². The average molecular weight is 475 g/mol. The molecule has 33 heavy (non-hydrogen) atoms. The Bertz CT molecular complexity index is 1110. The number of methoxy groups -OCH3 is 2. The standard InChI is InChI=1S/C22H22FN3O6S/c1-13(33-12-19(27)24-16-7-5-15(23)6-8-16)22(28)31-11-20-25-21(26-32-20)14-4-9-17(29-2)18(10-14)30-3/h4-10,13H,11-12H2,1-3H3,(H,24,27). The third-order valence-electron chi connectivity index (χ3n) is 4.37. The smallest absolute Gasteiger partial charge is 0.319 e. The number of rotatable bonds is 10. The van der Waals surface area contributed by atoms with Gasteiger partial charge in [0.25, 0.3) is 5.89 Å². The highest BCUT2D eigenvalue weighted by atomic mass is 32.2. The molecule has 1 aromatic heterocycles. The fourth-order valence-corrected chi connectivity index (χ4v) is 3.33. The number of ether oxygens (including phenoxy) is 3. The maximum Gasteiger partial charge on any atom is 0.319 e. The molecule has 0 saturated carbocycles. The molecule has 1 N–H and O–H groups in total. The predicted molar refractivity (Wildman–Crippen MR) is 120 cm³/mol. The lowest BCUT2D eigenvalue weighted by atomic mass is 10.2. The van der Waals surface area contributed by atoms with Crippen LogP contribution in [0.5, 0.6) is 11.5 Å². The average Bonchev–Trinajstić information content (AvgIpc) is 3.31. The van der Waals surface area contributed by atoms with E-state index >= 15 is 0 Å². The summed E-state index contributed by atoms with van der Waals surface area (Å²) in [6.45, 7) is 1.42. The molecule has 1 heterocycles. The van der Waals surface area contributed by atoms with Crippen LogP contribution in [0.1, 0.15) is 12.8 Å². The number of thioether (sulfide) groups is 1. The van der Waals surface area contributed by atoms with Crippen LogP contribution in [0.25, 0.3) is 11.4 Å². The van der Waals surface area contributed by atoms with E-state index in [4.69, 9.17) is 18.7 Å². The van der Waals surface area contributed by atoms with Gasteiger partial charge in [0.15, 0.2) is 18.1 Å². The Balaban J connectivity index is 1.47. The van der Waals surface area contributed by atoms with Gasteiger partial charge in [-0.3, -0.25) is 9.59 Å². The highest BCUT2D eigenvalue weighted by Gasteiger charge is 2.19. The van der Waals surface area contributed by atoms with Crippen molar-refractivity contribution in [2.75, 3.05) is 25.3 Å². The predicted octanol–water partition coefficient (Wildman–Crippen LogP) is 3.70. The van der Waals surface area contributed by atoms with Crippen LogP contribution < -0.4 is 14.8 Å². The Morgan fingerprint density at radius 3 is 2.55 bits per heavy atom. The third kappa shape index (κ3) is 6.69. The number of hydrogen-bond acceptors (Lipinski definition) is 9. The Morgan fingerprint density at radius 2 is 1.85 bits per heavy atom. The molecule has 1 amide bonds. The van der Waals surface area contributed by atoms with Gasteiger partial charge in [-0.1, -0.05) is 5.16 Å². The van der Waals surface area contributed by atoms with E-state index in [0.29, 0.717) is 28.6 Å². The number of carbonyl (C=O) groups excluding carboxylic acids is 2. The van der Waals surface area contributed by atoms with Gasteiger partial charge in [0, 0.05) is 11.3 Å². The van der Waals surface area contributed by atoms with E-state index in [1.807, 2.05) is 0 Å². The van der Waals surface area contributed by atoms with Gasteiger partial charge in [-0.25, -0.2) is 4.39 Å². The third-order valence-corrected chi connectivity index (χ3v) is 5.49. The second-order valence-corrected chi connectivity index (χ2v) is 8.03. The summed E-state index contributed by atoms with van der Waals surface area (Å²) in [5.41, 5.74) is 1.11. The number of esters is 1. The Morgan fingerprint density at radius 1 is 1.12 bits per heavy atom. The van der Waals surface area contributed by atoms with Gasteiger partial charge in [0.2, 0.25) is 11.7 Å². The van der Waals surface area contributed by atoms with Crippen LogP contribution in [0.3, 0.4) is 0 Å². The first-order chi connectivity index (χ1) is 15.9. The van der Waals surface area contributed by atoms with Gasteiger partial charge in [-0.15, -0.1) is 11.8 Å². The van der Waals surface area contributed by atoms with Crippen LogP contribution in [0.4, 0.5) is 10.1 Å². The van der Waals surface area contributed by atoms with Crippen molar-refractivity contribution in [1.29, 1.82) is 0 Å². The molecule has 1 unspecified atom stereocenters. The maximum atomic E-state index is 12.9. The lowest BCUT2D eigenvalue weighted by molar-refractivity contribution is -0.144. The minimum absolute atomic E-state index is 0.0254. The number of anilines is 1. The van der Waals surface area contributed by atoms with Gasteiger partial charge in [0.05, 0.1) is 20.0 Å². The van der Waals surface area contributed by atoms with Gasteiger partial charge in [-0.2, -0.15) is 4.98 Å². The molecule has 174 valence electrons. The second kappa shape index (κ2) is 11.3. The normalized spacial score (nSPS) is 11.5. The fraction of sp³-hybridized carbons (Fsp3) is 0.273. The van der Waals surface area contributed by atoms with E-state index in [1.54, 1.807) is 25.1 Å². The van der Waals surface area contributed by atoms with Gasteiger partial charge < -0.3 is 24.1 Å². The number of nitrogens with zero attached hydrogens (tertiary/aromatic N) is 2. The van der Waals surface area contributed by atoms with Crippen LogP contribution >= 0.6 is 11.8 Å². The molecular weight excluding hydrogens is 453 g/mol. The fourth-order valence-electron chi connectivity index (χ4n) is 2.66. The SMILES string of the molecule is COc1ccc(-c2noc(COC(=O)C(C)SCC(=O)Nc3ccc(F)cc3)n2)cc1OC. The zero-order valence-electron chi connectivity index (χ0n) is 18.2. The molecule has 2 aromatic carbocycles. The summed E-state index contributed by atoms with van der Waals surface area (Å²) in [5, 5.41) is 5.92. The highest BCUT2D eigenvalue weighted by Crippen LogP contribution is 2.31. The number of benzene rings is 2. The lowest BCUT2D eigenvalue weighted by Crippen LogP contribution is -2.21. The van der Waals surface area contributed by atoms with E-state index in [2.05, 4.69) is 15.5 Å². The number of aromatic nitrogens is 2. The molecular formula is C22H22FN3O6S. The largest absolute Gasteiger partial charge is 0.493 e. The molecule has 0 radical (unpaired) electrons. The Labute approximate surface area is 193 Å². The van der Waals surface area contributed by atoms with Crippen LogP contribution in [0, 0.1) is 5.82 Å². The van der Waals surface area contributed by atoms with Crippen molar-refractivity contribution in [3.63, 3.8) is 0 Å². The first kappa shape index (κ1) is 24.1. The van der Waals surface area contributed by atoms with Crippen molar-refractivity contribution >= 4 is 29.3 Å². The van der Waals surface area contributed by atoms with Gasteiger partial charge in [0.1, 0.15) is 11.1 Å². The van der Waals surface area contributed by atoms with E-state index in [9.17, 15) is 14.0 Å². The summed E-state index contributed by atoms with van der Waals surface area (Å²) >= 11 is 1.11. The molecule has 1 atom stereocenters. The number of nitrogens with one attached hydrogen (secondary N) is 1. The molecule has 3 aromatic rings. The highest BCUT2D eigenvalue weighted by molar-refractivity contribution is 8.01. The van der Waals surface area contributed by atoms with E-state index in [0.717, 1.165) is 11.8 Å². The molecule has 0 saturated heterocycles. The van der Waals surface area contributed by atoms with E-state index < -0.39 is 17.0 Å². The quantitative estimate of drug-likeness (QED) is 0.439. The first-order valence-corrected chi connectivity index (χ1v) is 10.8. The summed E-state index contributed by atoms with van der Waals surface area (Å²) < 4.78 is 33.7. The van der Waals surface area contributed by atoms with Crippen molar-refractivity contribution in [2.45, 2.75) is 18.8 Å². The molecule has 3 rings (SSSR count). The molecule has 0 aliphatic carbocycles. The second-order valence-electron chi connectivity index (χ2n) is 6.70. The minimum Gasteiger partial charge on any atom is -0.493 e. The summed E-state index contributed by atoms with van der Waals surface area (Å²) in [6.07, 6.45) is 0. The topological polar surface area (TPSA) is 113 Å². The Kier molecular flexibility index (Phi) is 8.25. The minimum atomic E-state index is -0.600. The van der Waals surface area contributed by atoms with Gasteiger partial charge >= 0.3 is 5.97 Å². The zero-order chi connectivity index (χ0) is 23.8. The summed E-state index contributed by atoms with van der Waals surface area (Å²) in [7, 11) is 3.06. The van der Waals surface area contributed by atoms with E-state index in [-0.39, 0.29) is 24.2 Å². The van der Waals surface area contributed by atoms with Crippen LogP contribution in [-0.4, -0.2) is 47.2 Å². The van der Waals surface area contributed by atoms with Crippen molar-refractivity contribution in [1.82, 2.24) is 10.1 Å². The number of carbonyl (C=O) groups is 2. The monoisotopic (exact) mass is 475 g/mol. The molecule has 0 spiro atoms. The van der Waals surface area contributed by atoms with Crippen LogP contribution in [0.15, 0.2) is 47.0 Å². The summed E-state index contributed by atoms with van der Waals surface area (Å²) in [5.74, 6) is 0.302. The van der Waals surface area contributed by atoms with Crippen molar-refractivity contribution in [2.24, 2.45) is 0 Å². The number of amides is 1. The summed E-state index contributed by atoms with van der Waals surface area (Å²) in [4.78, 5) is 28.4. The number of halogens is 1. The maximum absolute atomic E-state index is 12.9. The number of hydrogen-bond donors (Lipinski definition) is 1. The van der Waals surface area contributed by atoms with Gasteiger partial charge in [-0.05, 0) is 49.4 Å². The van der Waals surface area contributed by atoms with Crippen molar-refractivity contribution < 1.29 is 32.7 Å². The zero-order valence-corrected chi connectivity index (χ0v) is 19.0. The first-order valence-electron chi connectivity index (χ1n) is 9.78. The molecule has 0 bridgehead atoms. The molecule has 0 aliphatic heterocycles. The molecule has 0 aliphatic rings. The molecule has 0 fully saturated rings. The van der Waals surface area contributed by atoms with E-state index in [1.165, 1.54) is 38.5 Å². The lowest BCUT2D eigenvalue weighted by Gasteiger charge is -2.10. The summed E-state index contributed by atoms with van der Waals surface area (Å²) in [6, 6.07) is 10.6. The Hall–Kier alpha value is -3.60. The van der Waals surface area contributed by atoms with Crippen molar-refractivity contribution in [3.8, 4) is 22.9 Å². The van der Waals surface area contributed by atoms with Crippen LogP contribution in [0.2, 0.25) is 0 Å². The molecule has 9 nitrogen and oxygen atoms in total. The molecule has 11 heteroatoms.